The lowest BCUT2D eigenvalue weighted by atomic mass is 9.85. The summed E-state index contributed by atoms with van der Waals surface area (Å²) in [5.41, 5.74) is 0. The molecule has 0 aromatic heterocycles. The van der Waals surface area contributed by atoms with Gasteiger partial charge in [-0.3, -0.25) is 0 Å². The fourth-order valence-corrected chi connectivity index (χ4v) is 2.86. The zero-order valence-corrected chi connectivity index (χ0v) is 12.2. The van der Waals surface area contributed by atoms with Crippen molar-refractivity contribution in [2.45, 2.75) is 59.5 Å². The van der Waals surface area contributed by atoms with Gasteiger partial charge in [0.05, 0.1) is 12.7 Å². The zero-order valence-electron chi connectivity index (χ0n) is 12.2. The summed E-state index contributed by atoms with van der Waals surface area (Å²) < 4.78 is 5.84. The van der Waals surface area contributed by atoms with E-state index in [1.807, 2.05) is 0 Å². The van der Waals surface area contributed by atoms with Gasteiger partial charge in [-0.2, -0.15) is 0 Å². The monoisotopic (exact) mass is 241 g/mol. The Bertz CT molecular complexity index is 177. The maximum absolute atomic E-state index is 5.84. The highest BCUT2D eigenvalue weighted by Gasteiger charge is 2.17. The quantitative estimate of drug-likeness (QED) is 0.657. The van der Waals surface area contributed by atoms with Crippen LogP contribution in [0.3, 0.4) is 0 Å². The van der Waals surface area contributed by atoms with Gasteiger partial charge in [-0.1, -0.05) is 40.5 Å². The molecular weight excluding hydrogens is 210 g/mol. The summed E-state index contributed by atoms with van der Waals surface area (Å²) in [6, 6.07) is 0. The molecule has 0 amide bonds. The first-order chi connectivity index (χ1) is 8.11. The van der Waals surface area contributed by atoms with Crippen LogP contribution in [0.15, 0.2) is 0 Å². The van der Waals surface area contributed by atoms with Crippen molar-refractivity contribution >= 4 is 0 Å². The van der Waals surface area contributed by atoms with Gasteiger partial charge in [0.15, 0.2) is 0 Å². The lowest BCUT2D eigenvalue weighted by Crippen LogP contribution is -2.32. The molecule has 0 aliphatic heterocycles. The second kappa shape index (κ2) is 8.10. The van der Waals surface area contributed by atoms with Crippen LogP contribution < -0.4 is 5.32 Å². The van der Waals surface area contributed by atoms with Crippen LogP contribution in [0.5, 0.6) is 0 Å². The molecule has 1 aliphatic carbocycles. The average molecular weight is 241 g/mol. The van der Waals surface area contributed by atoms with Gasteiger partial charge in [0, 0.05) is 6.54 Å². The van der Waals surface area contributed by atoms with Crippen LogP contribution >= 0.6 is 0 Å². The van der Waals surface area contributed by atoms with Crippen molar-refractivity contribution in [3.8, 4) is 0 Å². The minimum Gasteiger partial charge on any atom is -0.377 e. The third kappa shape index (κ3) is 5.87. The molecule has 0 bridgehead atoms. The lowest BCUT2D eigenvalue weighted by Gasteiger charge is -2.25. The van der Waals surface area contributed by atoms with Crippen LogP contribution in [0.4, 0.5) is 0 Å². The smallest absolute Gasteiger partial charge is 0.0594 e. The molecule has 2 heteroatoms. The third-order valence-electron chi connectivity index (χ3n) is 4.03. The van der Waals surface area contributed by atoms with E-state index in [9.17, 15) is 0 Å². The van der Waals surface area contributed by atoms with Gasteiger partial charge < -0.3 is 10.1 Å². The Morgan fingerprint density at radius 1 is 1.06 bits per heavy atom. The van der Waals surface area contributed by atoms with E-state index in [0.717, 1.165) is 37.5 Å². The molecule has 0 radical (unpaired) electrons. The van der Waals surface area contributed by atoms with Crippen LogP contribution in [0.1, 0.15) is 53.4 Å². The van der Waals surface area contributed by atoms with E-state index in [2.05, 4.69) is 33.0 Å². The molecule has 0 aromatic carbocycles. The molecule has 0 heterocycles. The fourth-order valence-electron chi connectivity index (χ4n) is 2.86. The van der Waals surface area contributed by atoms with Crippen LogP contribution in [-0.2, 0) is 4.74 Å². The van der Waals surface area contributed by atoms with E-state index in [1.54, 1.807) is 0 Å². The van der Waals surface area contributed by atoms with Crippen molar-refractivity contribution in [3.63, 3.8) is 0 Å². The number of ether oxygens (including phenoxy) is 1. The first-order valence-corrected chi connectivity index (χ1v) is 7.43. The van der Waals surface area contributed by atoms with Crippen molar-refractivity contribution < 1.29 is 4.74 Å². The SMILES string of the molecule is CC(C)C(CNCCOC1CCCC1)C(C)C. The third-order valence-corrected chi connectivity index (χ3v) is 4.03. The molecule has 0 atom stereocenters. The Kier molecular flexibility index (Phi) is 7.14. The van der Waals surface area contributed by atoms with Gasteiger partial charge in [0.2, 0.25) is 0 Å². The Labute approximate surface area is 108 Å². The summed E-state index contributed by atoms with van der Waals surface area (Å²) in [6.45, 7) is 12.3. The molecule has 1 saturated carbocycles. The second-order valence-corrected chi connectivity index (χ2v) is 6.13. The van der Waals surface area contributed by atoms with Crippen molar-refractivity contribution in [1.82, 2.24) is 5.32 Å². The predicted octanol–water partition coefficient (Wildman–Crippen LogP) is 3.46. The van der Waals surface area contributed by atoms with Crippen molar-refractivity contribution in [3.05, 3.63) is 0 Å². The summed E-state index contributed by atoms with van der Waals surface area (Å²) in [5.74, 6) is 2.30. The van der Waals surface area contributed by atoms with E-state index in [-0.39, 0.29) is 0 Å². The number of hydrogen-bond acceptors (Lipinski definition) is 2. The predicted molar refractivity (Wildman–Crippen MR) is 74.2 cm³/mol. The maximum Gasteiger partial charge on any atom is 0.0594 e. The standard InChI is InChI=1S/C15H31NO/c1-12(2)15(13(3)4)11-16-9-10-17-14-7-5-6-8-14/h12-16H,5-11H2,1-4H3. The molecule has 17 heavy (non-hydrogen) atoms. The van der Waals surface area contributed by atoms with Gasteiger partial charge >= 0.3 is 0 Å². The largest absolute Gasteiger partial charge is 0.377 e. The van der Waals surface area contributed by atoms with E-state index in [4.69, 9.17) is 4.74 Å². The number of rotatable bonds is 8. The molecule has 1 aliphatic rings. The van der Waals surface area contributed by atoms with Crippen molar-refractivity contribution in [1.29, 1.82) is 0 Å². The fraction of sp³-hybridized carbons (Fsp3) is 1.00. The summed E-state index contributed by atoms with van der Waals surface area (Å²) in [5, 5.41) is 3.55. The molecule has 1 rings (SSSR count). The maximum atomic E-state index is 5.84. The van der Waals surface area contributed by atoms with Gasteiger partial charge in [-0.15, -0.1) is 0 Å². The van der Waals surface area contributed by atoms with Crippen LogP contribution in [-0.4, -0.2) is 25.8 Å². The number of hydrogen-bond donors (Lipinski definition) is 1. The van der Waals surface area contributed by atoms with Gasteiger partial charge in [0.25, 0.3) is 0 Å². The highest BCUT2D eigenvalue weighted by atomic mass is 16.5. The molecular formula is C15H31NO. The highest BCUT2D eigenvalue weighted by molar-refractivity contribution is 4.70. The Balaban J connectivity index is 2.01. The normalized spacial score (nSPS) is 17.8. The minimum atomic E-state index is 0.558. The summed E-state index contributed by atoms with van der Waals surface area (Å²) >= 11 is 0. The van der Waals surface area contributed by atoms with E-state index < -0.39 is 0 Å². The van der Waals surface area contributed by atoms with E-state index in [0.29, 0.717) is 6.10 Å². The van der Waals surface area contributed by atoms with Gasteiger partial charge in [0.1, 0.15) is 0 Å². The average Bonchev–Trinajstić information content (AvgIpc) is 2.74. The van der Waals surface area contributed by atoms with Gasteiger partial charge in [-0.25, -0.2) is 0 Å². The summed E-state index contributed by atoms with van der Waals surface area (Å²) in [6.07, 6.45) is 5.84. The van der Waals surface area contributed by atoms with Crippen molar-refractivity contribution in [2.75, 3.05) is 19.7 Å². The molecule has 1 N–H and O–H groups in total. The molecule has 0 saturated heterocycles. The Hall–Kier alpha value is -0.0800. The molecule has 0 spiro atoms. The van der Waals surface area contributed by atoms with Gasteiger partial charge in [-0.05, 0) is 37.1 Å². The lowest BCUT2D eigenvalue weighted by molar-refractivity contribution is 0.0593. The van der Waals surface area contributed by atoms with Crippen molar-refractivity contribution in [2.24, 2.45) is 17.8 Å². The Morgan fingerprint density at radius 3 is 2.18 bits per heavy atom. The molecule has 2 nitrogen and oxygen atoms in total. The van der Waals surface area contributed by atoms with E-state index in [1.165, 1.54) is 25.7 Å². The molecule has 0 aromatic rings. The van der Waals surface area contributed by atoms with Crippen LogP contribution in [0, 0.1) is 17.8 Å². The second-order valence-electron chi connectivity index (χ2n) is 6.13. The Morgan fingerprint density at radius 2 is 1.65 bits per heavy atom. The zero-order chi connectivity index (χ0) is 12.7. The molecule has 102 valence electrons. The minimum absolute atomic E-state index is 0.558. The molecule has 0 unspecified atom stereocenters. The number of nitrogens with one attached hydrogen (secondary N) is 1. The highest BCUT2D eigenvalue weighted by Crippen LogP contribution is 2.21. The summed E-state index contributed by atoms with van der Waals surface area (Å²) in [7, 11) is 0. The molecule has 1 fully saturated rings. The van der Waals surface area contributed by atoms with Crippen LogP contribution in [0.2, 0.25) is 0 Å². The summed E-state index contributed by atoms with van der Waals surface area (Å²) in [4.78, 5) is 0. The van der Waals surface area contributed by atoms with E-state index >= 15 is 0 Å². The first-order valence-electron chi connectivity index (χ1n) is 7.43. The van der Waals surface area contributed by atoms with Crippen LogP contribution in [0.25, 0.3) is 0 Å². The topological polar surface area (TPSA) is 21.3 Å². The first kappa shape index (κ1) is 15.0.